The third-order valence-electron chi connectivity index (χ3n) is 5.73. The van der Waals surface area contributed by atoms with Crippen molar-refractivity contribution < 1.29 is 34.0 Å². The molecule has 4 atom stereocenters. The van der Waals surface area contributed by atoms with E-state index >= 15 is 0 Å². The summed E-state index contributed by atoms with van der Waals surface area (Å²) in [6.07, 6.45) is -1.10. The fourth-order valence-corrected chi connectivity index (χ4v) is 3.78. The molecular weight excluding hydrogens is 484 g/mol. The van der Waals surface area contributed by atoms with Crippen molar-refractivity contribution in [3.63, 3.8) is 0 Å². The zero-order valence-corrected chi connectivity index (χ0v) is 21.6. The number of carbonyl (C=O) groups excluding carboxylic acids is 1. The summed E-state index contributed by atoms with van der Waals surface area (Å²) >= 11 is 0. The van der Waals surface area contributed by atoms with Crippen LogP contribution in [0.3, 0.4) is 0 Å². The summed E-state index contributed by atoms with van der Waals surface area (Å²) in [5, 5.41) is 22.3. The van der Waals surface area contributed by atoms with E-state index < -0.39 is 30.4 Å². The van der Waals surface area contributed by atoms with Crippen LogP contribution in [-0.2, 0) is 43.6 Å². The molecule has 0 bridgehead atoms. The third kappa shape index (κ3) is 10.6. The Morgan fingerprint density at radius 2 is 1.21 bits per heavy atom. The zero-order valence-electron chi connectivity index (χ0n) is 21.6. The van der Waals surface area contributed by atoms with E-state index in [2.05, 4.69) is 0 Å². The van der Waals surface area contributed by atoms with Gasteiger partial charge in [0.15, 0.2) is 0 Å². The predicted molar refractivity (Wildman–Crippen MR) is 144 cm³/mol. The highest BCUT2D eigenvalue weighted by Gasteiger charge is 2.35. The highest BCUT2D eigenvalue weighted by Crippen LogP contribution is 2.19. The Kier molecular flexibility index (Phi) is 12.7. The van der Waals surface area contributed by atoms with Crippen LogP contribution in [0.4, 0.5) is 0 Å². The number of ether oxygens (including phenoxy) is 4. The molecule has 0 saturated carbocycles. The van der Waals surface area contributed by atoms with Crippen molar-refractivity contribution in [2.45, 2.75) is 51.2 Å². The summed E-state index contributed by atoms with van der Waals surface area (Å²) in [6.45, 7) is 2.03. The molecule has 2 N–H and O–H groups in total. The van der Waals surface area contributed by atoms with Gasteiger partial charge in [0.25, 0.3) is 0 Å². The lowest BCUT2D eigenvalue weighted by atomic mass is 10.0. The van der Waals surface area contributed by atoms with Crippen LogP contribution in [0.15, 0.2) is 103 Å². The van der Waals surface area contributed by atoms with Gasteiger partial charge in [-0.1, -0.05) is 97.1 Å². The maximum Gasteiger partial charge on any atom is 0.302 e. The van der Waals surface area contributed by atoms with Crippen LogP contribution in [0.2, 0.25) is 0 Å². The number of esters is 1. The highest BCUT2D eigenvalue weighted by atomic mass is 16.6. The van der Waals surface area contributed by atoms with Crippen LogP contribution >= 0.6 is 0 Å². The molecular formula is C31H36O7. The van der Waals surface area contributed by atoms with Gasteiger partial charge < -0.3 is 29.2 Å². The second kappa shape index (κ2) is 16.5. The van der Waals surface area contributed by atoms with Gasteiger partial charge in [0.1, 0.15) is 31.0 Å². The Balaban J connectivity index is 1.76. The maximum atomic E-state index is 11.2. The normalized spacial score (nSPS) is 14.6. The lowest BCUT2D eigenvalue weighted by molar-refractivity contribution is -0.168. The fraction of sp³-hybridized carbons (Fsp3) is 0.323. The van der Waals surface area contributed by atoms with E-state index in [1.54, 1.807) is 0 Å². The first kappa shape index (κ1) is 29.2. The molecule has 0 aliphatic carbocycles. The van der Waals surface area contributed by atoms with Gasteiger partial charge in [-0.3, -0.25) is 4.79 Å². The van der Waals surface area contributed by atoms with E-state index in [0.717, 1.165) is 16.7 Å². The Morgan fingerprint density at radius 3 is 1.71 bits per heavy atom. The van der Waals surface area contributed by atoms with Gasteiger partial charge in [-0.2, -0.15) is 0 Å². The summed E-state index contributed by atoms with van der Waals surface area (Å²) in [4.78, 5) is 11.1. The van der Waals surface area contributed by atoms with Gasteiger partial charge in [0.2, 0.25) is 0 Å². The Bertz CT molecular complexity index is 1070. The smallest absolute Gasteiger partial charge is 0.302 e. The third-order valence-corrected chi connectivity index (χ3v) is 5.73. The second-order valence-corrected chi connectivity index (χ2v) is 8.81. The van der Waals surface area contributed by atoms with Crippen molar-refractivity contribution in [2.24, 2.45) is 0 Å². The quantitative estimate of drug-likeness (QED) is 0.216. The van der Waals surface area contributed by atoms with Crippen molar-refractivity contribution in [3.05, 3.63) is 120 Å². The number of aliphatic hydroxyl groups is 2. The predicted octanol–water partition coefficient (Wildman–Crippen LogP) is 4.22. The maximum absolute atomic E-state index is 11.2. The molecule has 38 heavy (non-hydrogen) atoms. The summed E-state index contributed by atoms with van der Waals surface area (Å²) in [5.41, 5.74) is 2.80. The molecule has 0 spiro atoms. The van der Waals surface area contributed by atoms with E-state index in [-0.39, 0.29) is 26.4 Å². The molecule has 0 saturated heterocycles. The summed E-state index contributed by atoms with van der Waals surface area (Å²) < 4.78 is 23.1. The van der Waals surface area contributed by atoms with Gasteiger partial charge in [-0.25, -0.2) is 0 Å². The van der Waals surface area contributed by atoms with Crippen molar-refractivity contribution in [1.82, 2.24) is 0 Å². The number of benzene rings is 3. The topological polar surface area (TPSA) is 94.5 Å². The number of aliphatic hydroxyl groups excluding tert-OH is 2. The van der Waals surface area contributed by atoms with E-state index in [1.807, 2.05) is 91.0 Å². The van der Waals surface area contributed by atoms with Crippen LogP contribution < -0.4 is 0 Å². The molecule has 0 aliphatic rings. The minimum atomic E-state index is -1.15. The molecule has 0 aliphatic heterocycles. The molecule has 7 heteroatoms. The van der Waals surface area contributed by atoms with Crippen LogP contribution in [0.1, 0.15) is 23.6 Å². The van der Waals surface area contributed by atoms with Gasteiger partial charge in [0.05, 0.1) is 26.4 Å². The average Bonchev–Trinajstić information content (AvgIpc) is 2.94. The van der Waals surface area contributed by atoms with Crippen molar-refractivity contribution in [1.29, 1.82) is 0 Å². The molecule has 1 unspecified atom stereocenters. The molecule has 7 nitrogen and oxygen atoms in total. The Labute approximate surface area is 224 Å². The highest BCUT2D eigenvalue weighted by molar-refractivity contribution is 5.65. The number of hydrogen-bond donors (Lipinski definition) is 2. The number of carbonyl (C=O) groups is 1. The average molecular weight is 521 g/mol. The van der Waals surface area contributed by atoms with E-state index in [4.69, 9.17) is 18.9 Å². The first-order chi connectivity index (χ1) is 18.5. The van der Waals surface area contributed by atoms with E-state index in [0.29, 0.717) is 6.61 Å². The minimum Gasteiger partial charge on any atom is -0.462 e. The van der Waals surface area contributed by atoms with E-state index in [9.17, 15) is 15.0 Å². The van der Waals surface area contributed by atoms with E-state index in [1.165, 1.54) is 19.1 Å². The largest absolute Gasteiger partial charge is 0.462 e. The van der Waals surface area contributed by atoms with Crippen molar-refractivity contribution in [2.75, 3.05) is 13.2 Å². The standard InChI is InChI=1S/C31H36O7/c1-24(32)36-19-11-18-28(33)30(37-21-26-14-7-3-8-15-26)31(38-22-27-16-9-4-10-17-27)29(34)23-35-20-25-12-5-2-6-13-25/h2-18,28-31,33-34H,19-23H2,1H3/b18-11+/t28-,29?,30-,31-/m1/s1. The summed E-state index contributed by atoms with van der Waals surface area (Å²) in [5.74, 6) is -0.420. The van der Waals surface area contributed by atoms with Gasteiger partial charge in [-0.05, 0) is 22.8 Å². The van der Waals surface area contributed by atoms with Gasteiger partial charge in [-0.15, -0.1) is 0 Å². The summed E-state index contributed by atoms with van der Waals surface area (Å²) in [7, 11) is 0. The first-order valence-corrected chi connectivity index (χ1v) is 12.6. The van der Waals surface area contributed by atoms with Crippen LogP contribution in [0.25, 0.3) is 0 Å². The minimum absolute atomic E-state index is 0.01000. The molecule has 0 heterocycles. The molecule has 202 valence electrons. The van der Waals surface area contributed by atoms with Gasteiger partial charge in [0, 0.05) is 6.92 Å². The molecule has 0 aromatic heterocycles. The van der Waals surface area contributed by atoms with Crippen molar-refractivity contribution in [3.8, 4) is 0 Å². The lowest BCUT2D eigenvalue weighted by Gasteiger charge is -2.33. The number of hydrogen-bond acceptors (Lipinski definition) is 7. The molecule has 3 aromatic carbocycles. The number of rotatable bonds is 16. The molecule has 0 fully saturated rings. The molecule has 0 radical (unpaired) electrons. The Morgan fingerprint density at radius 1 is 0.737 bits per heavy atom. The molecule has 0 amide bonds. The Hall–Kier alpha value is -3.33. The van der Waals surface area contributed by atoms with Crippen molar-refractivity contribution >= 4 is 5.97 Å². The zero-order chi connectivity index (χ0) is 27.0. The second-order valence-electron chi connectivity index (χ2n) is 8.81. The molecule has 3 rings (SSSR count). The van der Waals surface area contributed by atoms with Gasteiger partial charge >= 0.3 is 5.97 Å². The monoisotopic (exact) mass is 520 g/mol. The molecule has 3 aromatic rings. The van der Waals surface area contributed by atoms with Crippen LogP contribution in [0.5, 0.6) is 0 Å². The summed E-state index contributed by atoms with van der Waals surface area (Å²) in [6, 6.07) is 28.8. The lowest BCUT2D eigenvalue weighted by Crippen LogP contribution is -2.48. The van der Waals surface area contributed by atoms with Crippen LogP contribution in [-0.4, -0.2) is 53.8 Å². The fourth-order valence-electron chi connectivity index (χ4n) is 3.78. The van der Waals surface area contributed by atoms with Crippen LogP contribution in [0, 0.1) is 0 Å². The first-order valence-electron chi connectivity index (χ1n) is 12.6. The SMILES string of the molecule is CC(=O)OC/C=C/[C@@H](O)[C@@H](OCc1ccccc1)[C@H](OCc1ccccc1)C(O)COCc1ccccc1.